The first-order chi connectivity index (χ1) is 11.9. The smallest absolute Gasteiger partial charge is 0.413 e. The molecule has 25 heavy (non-hydrogen) atoms. The van der Waals surface area contributed by atoms with E-state index in [0.717, 1.165) is 43.1 Å². The third-order valence-electron chi connectivity index (χ3n) is 5.46. The van der Waals surface area contributed by atoms with Crippen molar-refractivity contribution >= 4 is 30.8 Å². The van der Waals surface area contributed by atoms with Crippen LogP contribution in [-0.4, -0.2) is 51.3 Å². The fourth-order valence-corrected chi connectivity index (χ4v) is 4.38. The number of carbonyl (C=O) groups excluding carboxylic acids is 1. The van der Waals surface area contributed by atoms with Gasteiger partial charge in [0.15, 0.2) is 5.78 Å². The SMILES string of the molecule is CCCC1(C(=O)c2ccc3c(ccn3B(C)O)c2)CCCN1B(C)O. The van der Waals surface area contributed by atoms with Gasteiger partial charge in [0.25, 0.3) is 0 Å². The average molecular weight is 340 g/mol. The molecule has 2 N–H and O–H groups in total. The van der Waals surface area contributed by atoms with Crippen LogP contribution in [0.4, 0.5) is 0 Å². The number of nitrogens with zero attached hydrogens (tertiary/aromatic N) is 2. The van der Waals surface area contributed by atoms with E-state index >= 15 is 0 Å². The fourth-order valence-electron chi connectivity index (χ4n) is 4.38. The average Bonchev–Trinajstić information content (AvgIpc) is 3.18. The van der Waals surface area contributed by atoms with Gasteiger partial charge in [-0.25, -0.2) is 0 Å². The van der Waals surface area contributed by atoms with Gasteiger partial charge in [-0.1, -0.05) is 13.3 Å². The number of benzene rings is 1. The molecule has 132 valence electrons. The molecule has 1 aliphatic rings. The van der Waals surface area contributed by atoms with Crippen molar-refractivity contribution in [2.45, 2.75) is 51.8 Å². The molecule has 1 unspecified atom stereocenters. The fraction of sp³-hybridized carbons (Fsp3) is 0.500. The molecule has 2 aromatic rings. The van der Waals surface area contributed by atoms with Gasteiger partial charge in [0, 0.05) is 11.1 Å². The molecule has 0 spiro atoms. The highest BCUT2D eigenvalue weighted by atomic mass is 16.2. The minimum absolute atomic E-state index is 0.0967. The maximum atomic E-state index is 13.4. The lowest BCUT2D eigenvalue weighted by Crippen LogP contribution is -2.55. The predicted octanol–water partition coefficient (Wildman–Crippen LogP) is 2.53. The van der Waals surface area contributed by atoms with Crippen LogP contribution in [0.15, 0.2) is 30.5 Å². The molecule has 0 radical (unpaired) electrons. The van der Waals surface area contributed by atoms with E-state index in [2.05, 4.69) is 6.92 Å². The van der Waals surface area contributed by atoms with E-state index in [1.807, 2.05) is 35.3 Å². The van der Waals surface area contributed by atoms with Gasteiger partial charge in [-0.2, -0.15) is 0 Å². The van der Waals surface area contributed by atoms with E-state index in [0.29, 0.717) is 5.56 Å². The zero-order valence-electron chi connectivity index (χ0n) is 15.3. The first-order valence-electron chi connectivity index (χ1n) is 9.19. The van der Waals surface area contributed by atoms with Crippen LogP contribution in [0.25, 0.3) is 10.9 Å². The molecule has 0 amide bonds. The summed E-state index contributed by atoms with van der Waals surface area (Å²) in [5.74, 6) is 0.0967. The summed E-state index contributed by atoms with van der Waals surface area (Å²) >= 11 is 0. The number of aromatic nitrogens is 1. The van der Waals surface area contributed by atoms with Crippen LogP contribution in [0.5, 0.6) is 0 Å². The van der Waals surface area contributed by atoms with Gasteiger partial charge < -0.3 is 19.3 Å². The number of rotatable bonds is 6. The van der Waals surface area contributed by atoms with E-state index in [1.54, 1.807) is 18.1 Å². The Bertz CT molecular complexity index is 775. The third-order valence-corrected chi connectivity index (χ3v) is 5.46. The van der Waals surface area contributed by atoms with Crippen LogP contribution in [-0.2, 0) is 0 Å². The largest absolute Gasteiger partial charge is 0.437 e. The minimum atomic E-state index is -0.627. The molecule has 1 atom stereocenters. The van der Waals surface area contributed by atoms with Gasteiger partial charge in [0.2, 0.25) is 0 Å². The van der Waals surface area contributed by atoms with Gasteiger partial charge in [0.1, 0.15) is 0 Å². The van der Waals surface area contributed by atoms with Gasteiger partial charge in [-0.05, 0) is 75.3 Å². The number of ketones is 1. The molecule has 2 heterocycles. The van der Waals surface area contributed by atoms with Gasteiger partial charge in [-0.15, -0.1) is 0 Å². The Morgan fingerprint density at radius 3 is 2.64 bits per heavy atom. The van der Waals surface area contributed by atoms with Crippen LogP contribution in [0.2, 0.25) is 13.6 Å². The molecule has 1 aliphatic heterocycles. The summed E-state index contributed by atoms with van der Waals surface area (Å²) < 4.78 is 1.78. The van der Waals surface area contributed by atoms with Crippen LogP contribution in [0.1, 0.15) is 43.0 Å². The molecule has 1 aromatic carbocycles. The quantitative estimate of drug-likeness (QED) is 0.627. The highest BCUT2D eigenvalue weighted by Gasteiger charge is 2.48. The maximum absolute atomic E-state index is 13.4. The molecule has 7 heteroatoms. The Kier molecular flexibility index (Phi) is 5.09. The molecule has 0 saturated carbocycles. The van der Waals surface area contributed by atoms with E-state index in [9.17, 15) is 14.8 Å². The normalized spacial score (nSPS) is 21.0. The van der Waals surface area contributed by atoms with Crippen molar-refractivity contribution < 1.29 is 14.8 Å². The Balaban J connectivity index is 2.01. The van der Waals surface area contributed by atoms with E-state index in [-0.39, 0.29) is 5.78 Å². The van der Waals surface area contributed by atoms with Crippen LogP contribution in [0, 0.1) is 0 Å². The number of hydrogen-bond acceptors (Lipinski definition) is 4. The topological polar surface area (TPSA) is 65.7 Å². The van der Waals surface area contributed by atoms with Crippen LogP contribution >= 0.6 is 0 Å². The second-order valence-electron chi connectivity index (χ2n) is 7.17. The second-order valence-corrected chi connectivity index (χ2v) is 7.17. The summed E-state index contributed by atoms with van der Waals surface area (Å²) in [5, 5.41) is 21.0. The second kappa shape index (κ2) is 6.98. The number of Topliss-reactive ketones (excluding diaryl/α,β-unsaturated/α-hetero) is 1. The molecule has 1 fully saturated rings. The zero-order chi connectivity index (χ0) is 18.2. The van der Waals surface area contributed by atoms with Gasteiger partial charge in [0.05, 0.1) is 5.54 Å². The molecular weight excluding hydrogens is 314 g/mol. The molecule has 0 bridgehead atoms. The Morgan fingerprint density at radius 2 is 2.00 bits per heavy atom. The molecule has 0 aliphatic carbocycles. The Morgan fingerprint density at radius 1 is 1.24 bits per heavy atom. The van der Waals surface area contributed by atoms with E-state index in [1.165, 1.54) is 0 Å². The highest BCUT2D eigenvalue weighted by Crippen LogP contribution is 2.37. The Hall–Kier alpha value is -1.56. The number of hydrogen-bond donors (Lipinski definition) is 2. The highest BCUT2D eigenvalue weighted by molar-refractivity contribution is 6.48. The van der Waals surface area contributed by atoms with Crippen molar-refractivity contribution in [2.75, 3.05) is 6.54 Å². The first kappa shape index (κ1) is 18.2. The molecule has 1 aromatic heterocycles. The molecule has 5 nitrogen and oxygen atoms in total. The van der Waals surface area contributed by atoms with Crippen LogP contribution < -0.4 is 0 Å². The monoisotopic (exact) mass is 340 g/mol. The van der Waals surface area contributed by atoms with Crippen LogP contribution in [0.3, 0.4) is 0 Å². The first-order valence-corrected chi connectivity index (χ1v) is 9.19. The lowest BCUT2D eigenvalue weighted by Gasteiger charge is -2.38. The van der Waals surface area contributed by atoms with Crippen molar-refractivity contribution in [1.29, 1.82) is 0 Å². The summed E-state index contributed by atoms with van der Waals surface area (Å²) in [4.78, 5) is 15.4. The van der Waals surface area contributed by atoms with Gasteiger partial charge in [-0.3, -0.25) is 4.79 Å². The zero-order valence-corrected chi connectivity index (χ0v) is 15.3. The lowest BCUT2D eigenvalue weighted by molar-refractivity contribution is 0.0751. The van der Waals surface area contributed by atoms with E-state index < -0.39 is 19.6 Å². The standard InChI is InChI=1S/C18H26B2N2O3/c1-4-9-18(10-5-11-22(18)20(3)25)17(23)15-6-7-16-14(13-15)8-12-21(16)19(2)24/h6-8,12-13,24-25H,4-5,9-11H2,1-3H3. The summed E-state index contributed by atoms with van der Waals surface area (Å²) in [5.41, 5.74) is 0.982. The maximum Gasteiger partial charge on any atom is 0.413 e. The lowest BCUT2D eigenvalue weighted by atomic mass is 9.74. The molecular formula is C18H26B2N2O3. The van der Waals surface area contributed by atoms with Crippen molar-refractivity contribution in [2.24, 2.45) is 0 Å². The Labute approximate surface area is 149 Å². The minimum Gasteiger partial charge on any atom is -0.437 e. The number of fused-ring (bicyclic) bond motifs is 1. The summed E-state index contributed by atoms with van der Waals surface area (Å²) in [7, 11) is -1.23. The molecule has 1 saturated heterocycles. The predicted molar refractivity (Wildman–Crippen MR) is 103 cm³/mol. The summed E-state index contributed by atoms with van der Waals surface area (Å²) in [6.07, 6.45) is 5.21. The third kappa shape index (κ3) is 3.05. The number of carbonyl (C=O) groups is 1. The summed E-state index contributed by atoms with van der Waals surface area (Å²) in [6.45, 7) is 6.30. The van der Waals surface area contributed by atoms with Gasteiger partial charge >= 0.3 is 14.1 Å². The van der Waals surface area contributed by atoms with Crippen molar-refractivity contribution in [3.05, 3.63) is 36.0 Å². The van der Waals surface area contributed by atoms with Crippen molar-refractivity contribution in [3.8, 4) is 0 Å². The van der Waals surface area contributed by atoms with Crippen molar-refractivity contribution in [1.82, 2.24) is 9.29 Å². The molecule has 3 rings (SSSR count). The van der Waals surface area contributed by atoms with Crippen molar-refractivity contribution in [3.63, 3.8) is 0 Å². The summed E-state index contributed by atoms with van der Waals surface area (Å²) in [6, 6.07) is 7.58. The van der Waals surface area contributed by atoms with E-state index in [4.69, 9.17) is 0 Å².